The van der Waals surface area contributed by atoms with Crippen LogP contribution in [0.3, 0.4) is 0 Å². The number of hydrogen-bond acceptors (Lipinski definition) is 4. The van der Waals surface area contributed by atoms with E-state index in [0.717, 1.165) is 36.4 Å². The maximum atomic E-state index is 13.4. The summed E-state index contributed by atoms with van der Waals surface area (Å²) >= 11 is 0. The van der Waals surface area contributed by atoms with Crippen LogP contribution in [0, 0.1) is 5.82 Å². The van der Waals surface area contributed by atoms with Gasteiger partial charge in [0.1, 0.15) is 11.6 Å². The van der Waals surface area contributed by atoms with Crippen LogP contribution in [0.5, 0.6) is 5.75 Å². The van der Waals surface area contributed by atoms with E-state index in [1.807, 2.05) is 0 Å². The second-order valence-electron chi connectivity index (χ2n) is 6.30. The van der Waals surface area contributed by atoms with Crippen LogP contribution in [0.15, 0.2) is 35.3 Å². The number of H-pyrrole nitrogens is 2. The number of aromatic nitrogens is 3. The third-order valence-corrected chi connectivity index (χ3v) is 4.67. The second-order valence-corrected chi connectivity index (χ2v) is 6.30. The number of hydrogen-bond donors (Lipinski definition) is 2. The van der Waals surface area contributed by atoms with Gasteiger partial charge in [0, 0.05) is 24.5 Å². The highest BCUT2D eigenvalue weighted by atomic mass is 19.1. The Morgan fingerprint density at radius 2 is 2.28 bits per heavy atom. The number of fused-ring (bicyclic) bond motifs is 1. The van der Waals surface area contributed by atoms with Gasteiger partial charge in [-0.3, -0.25) is 9.69 Å². The van der Waals surface area contributed by atoms with E-state index in [9.17, 15) is 9.18 Å². The molecule has 2 aromatic heterocycles. The van der Waals surface area contributed by atoms with Crippen molar-refractivity contribution in [3.8, 4) is 5.75 Å². The Balaban J connectivity index is 1.59. The fraction of sp³-hybridized carbons (Fsp3) is 0.333. The quantitative estimate of drug-likeness (QED) is 0.765. The minimum Gasteiger partial charge on any atom is -0.491 e. The first-order valence-electron chi connectivity index (χ1n) is 8.29. The summed E-state index contributed by atoms with van der Waals surface area (Å²) in [7, 11) is 1.48. The lowest BCUT2D eigenvalue weighted by molar-refractivity contribution is 0.238. The maximum absolute atomic E-state index is 13.4. The van der Waals surface area contributed by atoms with Gasteiger partial charge in [0.15, 0.2) is 5.75 Å². The standard InChI is InChI=1S/C18H19FN4O2/c1-25-17-9-20-12(8-16(17)24)10-23-6-2-3-15(23)18-21-13-5-4-11(19)7-14(13)22-18/h4-5,7-9,15H,2-3,6,10H2,1H3,(H,20,24)(H,21,22). The number of nitrogens with one attached hydrogen (secondary N) is 2. The Kier molecular flexibility index (Phi) is 4.01. The van der Waals surface area contributed by atoms with E-state index in [2.05, 4.69) is 19.9 Å². The van der Waals surface area contributed by atoms with Crippen molar-refractivity contribution >= 4 is 11.0 Å². The van der Waals surface area contributed by atoms with Gasteiger partial charge in [-0.2, -0.15) is 0 Å². The number of imidazole rings is 1. The van der Waals surface area contributed by atoms with Crippen LogP contribution in [-0.4, -0.2) is 33.5 Å². The summed E-state index contributed by atoms with van der Waals surface area (Å²) in [6.45, 7) is 1.54. The van der Waals surface area contributed by atoms with Crippen molar-refractivity contribution in [2.24, 2.45) is 0 Å². The summed E-state index contributed by atoms with van der Waals surface area (Å²) in [5, 5.41) is 0. The molecule has 3 heterocycles. The number of methoxy groups -OCH3 is 1. The number of pyridine rings is 1. The van der Waals surface area contributed by atoms with Crippen molar-refractivity contribution in [3.63, 3.8) is 0 Å². The SMILES string of the molecule is COc1c[nH]c(CN2CCCC2c2nc3ccc(F)cc3[nH]2)cc1=O. The number of halogens is 1. The second kappa shape index (κ2) is 6.33. The van der Waals surface area contributed by atoms with Gasteiger partial charge in [0.25, 0.3) is 0 Å². The highest BCUT2D eigenvalue weighted by Crippen LogP contribution is 2.32. The molecule has 0 aliphatic carbocycles. The fourth-order valence-corrected chi connectivity index (χ4v) is 3.45. The summed E-state index contributed by atoms with van der Waals surface area (Å²) in [5.74, 6) is 0.872. The zero-order valence-corrected chi connectivity index (χ0v) is 13.9. The molecule has 130 valence electrons. The maximum Gasteiger partial charge on any atom is 0.223 e. The summed E-state index contributed by atoms with van der Waals surface area (Å²) in [5.41, 5.74) is 2.17. The predicted molar refractivity (Wildman–Crippen MR) is 92.1 cm³/mol. The van der Waals surface area contributed by atoms with Crippen molar-refractivity contribution in [1.82, 2.24) is 19.9 Å². The molecule has 1 aliphatic rings. The molecule has 1 atom stereocenters. The van der Waals surface area contributed by atoms with Gasteiger partial charge >= 0.3 is 0 Å². The molecule has 0 radical (unpaired) electrons. The summed E-state index contributed by atoms with van der Waals surface area (Å²) < 4.78 is 18.4. The highest BCUT2D eigenvalue weighted by Gasteiger charge is 2.28. The Labute approximate surface area is 143 Å². The average molecular weight is 342 g/mol. The molecule has 1 aromatic carbocycles. The van der Waals surface area contributed by atoms with Gasteiger partial charge in [-0.25, -0.2) is 9.37 Å². The van der Waals surface area contributed by atoms with Gasteiger partial charge in [0.05, 0.1) is 24.2 Å². The molecular formula is C18H19FN4O2. The van der Waals surface area contributed by atoms with Crippen molar-refractivity contribution in [2.45, 2.75) is 25.4 Å². The minimum atomic E-state index is -0.276. The van der Waals surface area contributed by atoms with Crippen LogP contribution in [0.2, 0.25) is 0 Å². The first-order chi connectivity index (χ1) is 12.1. The molecule has 6 nitrogen and oxygen atoms in total. The average Bonchev–Trinajstić information content (AvgIpc) is 3.20. The van der Waals surface area contributed by atoms with E-state index in [4.69, 9.17) is 4.74 Å². The molecule has 1 aliphatic heterocycles. The van der Waals surface area contributed by atoms with Gasteiger partial charge in [-0.1, -0.05) is 0 Å². The largest absolute Gasteiger partial charge is 0.491 e. The molecule has 1 saturated heterocycles. The third-order valence-electron chi connectivity index (χ3n) is 4.67. The summed E-state index contributed by atoms with van der Waals surface area (Å²) in [6, 6.07) is 6.27. The summed E-state index contributed by atoms with van der Waals surface area (Å²) in [4.78, 5) is 25.2. The monoisotopic (exact) mass is 342 g/mol. The first-order valence-corrected chi connectivity index (χ1v) is 8.29. The lowest BCUT2D eigenvalue weighted by atomic mass is 10.2. The Morgan fingerprint density at radius 3 is 3.08 bits per heavy atom. The lowest BCUT2D eigenvalue weighted by Crippen LogP contribution is -2.24. The van der Waals surface area contributed by atoms with Gasteiger partial charge < -0.3 is 14.7 Å². The van der Waals surface area contributed by atoms with Gasteiger partial charge in [-0.15, -0.1) is 0 Å². The Hall–Kier alpha value is -2.67. The molecule has 3 aromatic rings. The third kappa shape index (κ3) is 3.02. The first kappa shape index (κ1) is 15.8. The zero-order chi connectivity index (χ0) is 17.4. The number of rotatable bonds is 4. The molecule has 4 rings (SSSR count). The Bertz CT molecular complexity index is 965. The van der Waals surface area contributed by atoms with Crippen molar-refractivity contribution in [1.29, 1.82) is 0 Å². The molecule has 25 heavy (non-hydrogen) atoms. The van der Waals surface area contributed by atoms with Gasteiger partial charge in [-0.05, 0) is 37.6 Å². The number of aromatic amines is 2. The molecule has 1 fully saturated rings. The number of ether oxygens (including phenoxy) is 1. The minimum absolute atomic E-state index is 0.126. The smallest absolute Gasteiger partial charge is 0.223 e. The normalized spacial score (nSPS) is 18.1. The molecule has 0 spiro atoms. The van der Waals surface area contributed by atoms with Crippen LogP contribution >= 0.6 is 0 Å². The molecule has 0 amide bonds. The topological polar surface area (TPSA) is 74.0 Å². The van der Waals surface area contributed by atoms with Crippen LogP contribution < -0.4 is 10.2 Å². The van der Waals surface area contributed by atoms with Crippen LogP contribution in [-0.2, 0) is 6.54 Å². The molecule has 0 bridgehead atoms. The van der Waals surface area contributed by atoms with E-state index in [1.54, 1.807) is 18.3 Å². The summed E-state index contributed by atoms with van der Waals surface area (Å²) in [6.07, 6.45) is 3.62. The van der Waals surface area contributed by atoms with E-state index in [0.29, 0.717) is 17.8 Å². The number of nitrogens with zero attached hydrogens (tertiary/aromatic N) is 2. The molecule has 1 unspecified atom stereocenters. The van der Waals surface area contributed by atoms with E-state index in [-0.39, 0.29) is 17.3 Å². The Morgan fingerprint density at radius 1 is 1.40 bits per heavy atom. The van der Waals surface area contributed by atoms with E-state index in [1.165, 1.54) is 19.2 Å². The van der Waals surface area contributed by atoms with Crippen molar-refractivity contribution < 1.29 is 9.13 Å². The fourth-order valence-electron chi connectivity index (χ4n) is 3.45. The molecular weight excluding hydrogens is 323 g/mol. The van der Waals surface area contributed by atoms with Gasteiger partial charge in [0.2, 0.25) is 5.43 Å². The van der Waals surface area contributed by atoms with Crippen LogP contribution in [0.25, 0.3) is 11.0 Å². The molecule has 7 heteroatoms. The van der Waals surface area contributed by atoms with Crippen LogP contribution in [0.4, 0.5) is 4.39 Å². The predicted octanol–water partition coefficient (Wildman–Crippen LogP) is 2.74. The van der Waals surface area contributed by atoms with Crippen LogP contribution in [0.1, 0.15) is 30.4 Å². The van der Waals surface area contributed by atoms with Crippen molar-refractivity contribution in [2.75, 3.05) is 13.7 Å². The number of benzene rings is 1. The van der Waals surface area contributed by atoms with E-state index >= 15 is 0 Å². The zero-order valence-electron chi connectivity index (χ0n) is 13.9. The lowest BCUT2D eigenvalue weighted by Gasteiger charge is -2.22. The number of likely N-dealkylation sites (tertiary alicyclic amines) is 1. The molecule has 0 saturated carbocycles. The highest BCUT2D eigenvalue weighted by molar-refractivity contribution is 5.75. The molecule has 2 N–H and O–H groups in total. The van der Waals surface area contributed by atoms with Crippen molar-refractivity contribution in [3.05, 3.63) is 58.0 Å². The van der Waals surface area contributed by atoms with E-state index < -0.39 is 0 Å².